The number of benzene rings is 3. The van der Waals surface area contributed by atoms with E-state index >= 15 is 0 Å². The fourth-order valence-corrected chi connectivity index (χ4v) is 4.27. The number of carbonyl (C=O) groups is 1. The first-order valence-corrected chi connectivity index (χ1v) is 11.0. The molecule has 2 atom stereocenters. The van der Waals surface area contributed by atoms with E-state index in [4.69, 9.17) is 21.3 Å². The van der Waals surface area contributed by atoms with Gasteiger partial charge in [0.2, 0.25) is 0 Å². The minimum atomic E-state index is -0.880. The lowest BCUT2D eigenvalue weighted by Gasteiger charge is -2.18. The Morgan fingerprint density at radius 2 is 1.77 bits per heavy atom. The Labute approximate surface area is 217 Å². The molecule has 1 heterocycles. The van der Waals surface area contributed by atoms with Crippen LogP contribution in [0, 0.1) is 10.8 Å². The minimum Gasteiger partial charge on any atom is -0.489 e. The number of carboxylic acid groups (broad SMARTS) is 1. The molecule has 1 fully saturated rings. The van der Waals surface area contributed by atoms with Gasteiger partial charge in [0.05, 0.1) is 18.3 Å². The minimum absolute atomic E-state index is 0. The highest BCUT2D eigenvalue weighted by Crippen LogP contribution is 2.27. The average Bonchev–Trinajstić information content (AvgIpc) is 3.26. The fraction of sp³-hybridized carbons (Fsp3) is 0.269. The highest BCUT2D eigenvalue weighted by molar-refractivity contribution is 5.99. The number of likely N-dealkylation sites (tertiary alicyclic amines) is 1. The average molecular weight is 517 g/mol. The Bertz CT molecular complexity index is 1220. The normalized spacial score (nSPS) is 15.6. The molecule has 0 aromatic heterocycles. The molecule has 0 saturated carbocycles. The molecule has 0 amide bonds. The number of hydrogen-bond donors (Lipinski definition) is 4. The number of nitrogens with two attached hydrogens (primary N) is 1. The molecule has 35 heavy (non-hydrogen) atoms. The second kappa shape index (κ2) is 11.9. The fourth-order valence-electron chi connectivity index (χ4n) is 4.27. The van der Waals surface area contributed by atoms with Crippen molar-refractivity contribution in [2.24, 2.45) is 5.73 Å². The van der Waals surface area contributed by atoms with Gasteiger partial charge in [-0.1, -0.05) is 42.5 Å². The van der Waals surface area contributed by atoms with Gasteiger partial charge < -0.3 is 20.5 Å². The summed E-state index contributed by atoms with van der Waals surface area (Å²) in [6.07, 6.45) is 1.25. The van der Waals surface area contributed by atoms with Crippen LogP contribution in [0.25, 0.3) is 10.8 Å². The number of nitrogens with zero attached hydrogens (tertiary/aromatic N) is 1. The van der Waals surface area contributed by atoms with Gasteiger partial charge in [0.1, 0.15) is 17.7 Å². The third-order valence-corrected chi connectivity index (χ3v) is 6.16. The van der Waals surface area contributed by atoms with Gasteiger partial charge in [0.25, 0.3) is 0 Å². The van der Waals surface area contributed by atoms with Crippen LogP contribution in [0.5, 0.6) is 5.75 Å². The number of ether oxygens (including phenoxy) is 1. The van der Waals surface area contributed by atoms with Gasteiger partial charge in [-0.15, -0.1) is 24.8 Å². The van der Waals surface area contributed by atoms with Crippen LogP contribution in [0.2, 0.25) is 0 Å². The van der Waals surface area contributed by atoms with Crippen LogP contribution in [-0.4, -0.2) is 46.8 Å². The molecule has 1 aliphatic rings. The van der Waals surface area contributed by atoms with E-state index in [1.54, 1.807) is 6.92 Å². The molecule has 3 aromatic rings. The van der Waals surface area contributed by atoms with Gasteiger partial charge in [-0.05, 0) is 53.4 Å². The van der Waals surface area contributed by atoms with E-state index in [1.807, 2.05) is 65.6 Å². The Balaban J connectivity index is 0.00000216. The Hall–Kier alpha value is -3.29. The molecule has 9 heteroatoms. The molecule has 1 saturated heterocycles. The summed E-state index contributed by atoms with van der Waals surface area (Å²) in [5.74, 6) is -0.303. The molecule has 0 radical (unpaired) electrons. The highest BCUT2D eigenvalue weighted by atomic mass is 35.5. The van der Waals surface area contributed by atoms with Gasteiger partial charge in [-0.2, -0.15) is 0 Å². The van der Waals surface area contributed by atoms with Crippen molar-refractivity contribution in [3.63, 3.8) is 0 Å². The van der Waals surface area contributed by atoms with E-state index in [1.165, 1.54) is 0 Å². The summed E-state index contributed by atoms with van der Waals surface area (Å²) >= 11 is 0. The van der Waals surface area contributed by atoms with Gasteiger partial charge >= 0.3 is 5.97 Å². The first-order chi connectivity index (χ1) is 15.8. The summed E-state index contributed by atoms with van der Waals surface area (Å²) < 4.78 is 6.03. The van der Waals surface area contributed by atoms with E-state index in [-0.39, 0.29) is 36.8 Å². The maximum Gasteiger partial charge on any atom is 0.311 e. The first kappa shape index (κ1) is 28.0. The van der Waals surface area contributed by atoms with E-state index < -0.39 is 11.9 Å². The molecule has 0 spiro atoms. The summed E-state index contributed by atoms with van der Waals surface area (Å²) in [6, 6.07) is 18.7. The zero-order chi connectivity index (χ0) is 23.5. The van der Waals surface area contributed by atoms with Gasteiger partial charge in [0.15, 0.2) is 0 Å². The molecule has 5 N–H and O–H groups in total. The number of fused-ring (bicyclic) bond motifs is 1. The summed E-state index contributed by atoms with van der Waals surface area (Å²) in [5, 5.41) is 27.2. The van der Waals surface area contributed by atoms with Crippen LogP contribution in [0.1, 0.15) is 36.0 Å². The molecular formula is C26H30Cl2N4O3. The Morgan fingerprint density at radius 3 is 2.37 bits per heavy atom. The van der Waals surface area contributed by atoms with Gasteiger partial charge in [-0.25, -0.2) is 0 Å². The van der Waals surface area contributed by atoms with Crippen molar-refractivity contribution in [3.8, 4) is 5.75 Å². The van der Waals surface area contributed by atoms with Crippen molar-refractivity contribution in [1.29, 1.82) is 10.8 Å². The van der Waals surface area contributed by atoms with Crippen LogP contribution < -0.4 is 10.5 Å². The van der Waals surface area contributed by atoms with Crippen molar-refractivity contribution >= 4 is 53.2 Å². The Kier molecular flexibility index (Phi) is 9.51. The number of hydrogen-bond acceptors (Lipinski definition) is 4. The SMILES string of the molecule is CC(=N)N1CC[C@@H](Oc2ccc(C(Cc3ccc4ccc(C(=N)N)cc4c3)C(=O)O)cc2)C1.Cl.Cl. The summed E-state index contributed by atoms with van der Waals surface area (Å²) in [7, 11) is 0. The summed E-state index contributed by atoms with van der Waals surface area (Å²) in [5.41, 5.74) is 7.88. The number of nitrogen functional groups attached to an aromatic ring is 1. The molecule has 3 aromatic carbocycles. The number of amidine groups is 2. The smallest absolute Gasteiger partial charge is 0.311 e. The molecule has 1 aliphatic heterocycles. The molecule has 186 valence electrons. The van der Waals surface area contributed by atoms with Crippen molar-refractivity contribution in [1.82, 2.24) is 4.90 Å². The molecule has 7 nitrogen and oxygen atoms in total. The first-order valence-electron chi connectivity index (χ1n) is 11.0. The van der Waals surface area contributed by atoms with E-state index in [0.717, 1.165) is 34.9 Å². The van der Waals surface area contributed by atoms with Crippen molar-refractivity contribution < 1.29 is 14.6 Å². The highest BCUT2D eigenvalue weighted by Gasteiger charge is 2.25. The monoisotopic (exact) mass is 516 g/mol. The maximum absolute atomic E-state index is 12.1. The molecule has 1 unspecified atom stereocenters. The predicted octanol–water partition coefficient (Wildman–Crippen LogP) is 4.83. The van der Waals surface area contributed by atoms with E-state index in [0.29, 0.717) is 30.1 Å². The number of carboxylic acids is 1. The van der Waals surface area contributed by atoms with E-state index in [9.17, 15) is 9.90 Å². The zero-order valence-corrected chi connectivity index (χ0v) is 21.0. The molecule has 4 rings (SSSR count). The molecule has 0 aliphatic carbocycles. The number of aliphatic carboxylic acids is 1. The standard InChI is InChI=1S/C26H28N4O3.2ClH/c1-16(27)30-11-10-23(15-30)33-22-8-6-19(7-9-22)24(26(31)32)13-17-2-3-18-4-5-20(25(28)29)14-21(18)12-17;;/h2-9,12,14,23-24,27H,10-11,13,15H2,1H3,(H3,28,29)(H,31,32);2*1H/t23-,24?;;/m1../s1. The second-order valence-electron chi connectivity index (χ2n) is 8.53. The lowest BCUT2D eigenvalue weighted by molar-refractivity contribution is -0.138. The topological polar surface area (TPSA) is 123 Å². The van der Waals surface area contributed by atoms with Gasteiger partial charge in [0, 0.05) is 18.5 Å². The van der Waals surface area contributed by atoms with Crippen LogP contribution in [0.3, 0.4) is 0 Å². The third-order valence-electron chi connectivity index (χ3n) is 6.16. The van der Waals surface area contributed by atoms with Crippen LogP contribution >= 0.6 is 24.8 Å². The molecule has 0 bridgehead atoms. The maximum atomic E-state index is 12.1. The van der Waals surface area contributed by atoms with Crippen molar-refractivity contribution in [3.05, 3.63) is 77.4 Å². The predicted molar refractivity (Wildman–Crippen MR) is 144 cm³/mol. The lowest BCUT2D eigenvalue weighted by Crippen LogP contribution is -2.28. The largest absolute Gasteiger partial charge is 0.489 e. The van der Waals surface area contributed by atoms with Crippen LogP contribution in [0.4, 0.5) is 0 Å². The van der Waals surface area contributed by atoms with Crippen molar-refractivity contribution in [2.45, 2.75) is 31.8 Å². The number of rotatable bonds is 7. The summed E-state index contributed by atoms with van der Waals surface area (Å²) in [4.78, 5) is 14.1. The van der Waals surface area contributed by atoms with Gasteiger partial charge in [-0.3, -0.25) is 15.6 Å². The third kappa shape index (κ3) is 6.65. The second-order valence-corrected chi connectivity index (χ2v) is 8.53. The molecular weight excluding hydrogens is 487 g/mol. The summed E-state index contributed by atoms with van der Waals surface area (Å²) in [6.45, 7) is 3.29. The quantitative estimate of drug-likeness (QED) is 0.264. The van der Waals surface area contributed by atoms with Crippen LogP contribution in [-0.2, 0) is 11.2 Å². The van der Waals surface area contributed by atoms with Crippen molar-refractivity contribution in [2.75, 3.05) is 13.1 Å². The van der Waals surface area contributed by atoms with E-state index in [2.05, 4.69) is 0 Å². The number of halogens is 2. The zero-order valence-electron chi connectivity index (χ0n) is 19.4. The Morgan fingerprint density at radius 1 is 1.09 bits per heavy atom. The van der Waals surface area contributed by atoms with Crippen LogP contribution in [0.15, 0.2) is 60.7 Å². The lowest BCUT2D eigenvalue weighted by atomic mass is 9.91. The number of nitrogens with one attached hydrogen (secondary N) is 2.